The minimum Gasteiger partial charge on any atom is -0.496 e. The summed E-state index contributed by atoms with van der Waals surface area (Å²) in [6.07, 6.45) is 4.78. The van der Waals surface area contributed by atoms with Crippen LogP contribution >= 0.6 is 0 Å². The van der Waals surface area contributed by atoms with Crippen molar-refractivity contribution in [1.82, 2.24) is 15.5 Å². The smallest absolute Gasteiger partial charge is 0.241 e. The molecule has 0 bridgehead atoms. The Balaban J connectivity index is 2.07. The number of aliphatic imine (C=N–C) groups is 1. The van der Waals surface area contributed by atoms with Crippen LogP contribution in [0.15, 0.2) is 23.2 Å². The Hall–Kier alpha value is -2.24. The molecule has 0 saturated heterocycles. The molecule has 0 atom stereocenters. The number of amides is 1. The third-order valence-electron chi connectivity index (χ3n) is 4.45. The van der Waals surface area contributed by atoms with Crippen molar-refractivity contribution >= 4 is 11.9 Å². The summed E-state index contributed by atoms with van der Waals surface area (Å²) in [4.78, 5) is 18.1. The largest absolute Gasteiger partial charge is 0.496 e. The summed E-state index contributed by atoms with van der Waals surface area (Å²) < 4.78 is 5.45. The summed E-state index contributed by atoms with van der Waals surface area (Å²) in [5.74, 6) is 1.55. The van der Waals surface area contributed by atoms with E-state index in [0.717, 1.165) is 29.7 Å². The monoisotopic (exact) mass is 346 g/mol. The summed E-state index contributed by atoms with van der Waals surface area (Å²) in [7, 11) is 5.18. The van der Waals surface area contributed by atoms with Crippen molar-refractivity contribution in [2.45, 2.75) is 45.2 Å². The van der Waals surface area contributed by atoms with Crippen LogP contribution in [0.4, 0.5) is 0 Å². The van der Waals surface area contributed by atoms with Crippen LogP contribution in [0.2, 0.25) is 0 Å². The van der Waals surface area contributed by atoms with Gasteiger partial charge in [-0.05, 0) is 31.4 Å². The second kappa shape index (κ2) is 9.30. The molecule has 25 heavy (non-hydrogen) atoms. The van der Waals surface area contributed by atoms with Gasteiger partial charge in [-0.2, -0.15) is 0 Å². The van der Waals surface area contributed by atoms with Gasteiger partial charge in [0.25, 0.3) is 0 Å². The Morgan fingerprint density at radius 1 is 1.32 bits per heavy atom. The average molecular weight is 346 g/mol. The maximum Gasteiger partial charge on any atom is 0.241 e. The van der Waals surface area contributed by atoms with Crippen molar-refractivity contribution in [2.24, 2.45) is 4.99 Å². The lowest BCUT2D eigenvalue weighted by molar-refractivity contribution is -0.127. The molecular weight excluding hydrogens is 316 g/mol. The Labute approximate surface area is 150 Å². The summed E-state index contributed by atoms with van der Waals surface area (Å²) in [5.41, 5.74) is 2.18. The number of nitrogens with zero attached hydrogens (tertiary/aromatic N) is 2. The van der Waals surface area contributed by atoms with Gasteiger partial charge in [-0.25, -0.2) is 4.99 Å². The highest BCUT2D eigenvalue weighted by molar-refractivity contribution is 5.86. The molecule has 0 aliphatic heterocycles. The van der Waals surface area contributed by atoms with E-state index in [-0.39, 0.29) is 12.5 Å². The summed E-state index contributed by atoms with van der Waals surface area (Å²) in [6, 6.07) is 6.54. The third-order valence-corrected chi connectivity index (χ3v) is 4.45. The molecule has 1 amide bonds. The molecule has 2 rings (SSSR count). The summed E-state index contributed by atoms with van der Waals surface area (Å²) in [6.45, 7) is 2.77. The fourth-order valence-electron chi connectivity index (χ4n) is 2.88. The van der Waals surface area contributed by atoms with Crippen molar-refractivity contribution in [3.8, 4) is 5.75 Å². The molecule has 6 nitrogen and oxygen atoms in total. The zero-order valence-corrected chi connectivity index (χ0v) is 15.8. The van der Waals surface area contributed by atoms with Crippen LogP contribution < -0.4 is 15.4 Å². The van der Waals surface area contributed by atoms with Crippen molar-refractivity contribution in [3.05, 3.63) is 29.3 Å². The van der Waals surface area contributed by atoms with Crippen molar-refractivity contribution in [2.75, 3.05) is 27.7 Å². The number of benzene rings is 1. The van der Waals surface area contributed by atoms with E-state index in [4.69, 9.17) is 4.74 Å². The van der Waals surface area contributed by atoms with Gasteiger partial charge in [-0.1, -0.05) is 25.0 Å². The number of rotatable bonds is 6. The van der Waals surface area contributed by atoms with Crippen molar-refractivity contribution in [3.63, 3.8) is 0 Å². The van der Waals surface area contributed by atoms with Gasteiger partial charge in [0.05, 0.1) is 20.2 Å². The van der Waals surface area contributed by atoms with Crippen LogP contribution in [0, 0.1) is 6.92 Å². The van der Waals surface area contributed by atoms with Crippen LogP contribution in [-0.4, -0.2) is 50.6 Å². The molecule has 138 valence electrons. The van der Waals surface area contributed by atoms with Crippen LogP contribution in [0.1, 0.15) is 36.8 Å². The fourth-order valence-corrected chi connectivity index (χ4v) is 2.88. The number of hydrogen-bond acceptors (Lipinski definition) is 3. The summed E-state index contributed by atoms with van der Waals surface area (Å²) in [5, 5.41) is 6.61. The lowest BCUT2D eigenvalue weighted by Crippen LogP contribution is -2.46. The Morgan fingerprint density at radius 2 is 2.04 bits per heavy atom. The number of guanidine groups is 1. The Morgan fingerprint density at radius 3 is 2.68 bits per heavy atom. The van der Waals surface area contributed by atoms with Crippen LogP contribution in [0.25, 0.3) is 0 Å². The van der Waals surface area contributed by atoms with E-state index in [2.05, 4.69) is 21.7 Å². The van der Waals surface area contributed by atoms with Gasteiger partial charge in [-0.3, -0.25) is 4.79 Å². The maximum absolute atomic E-state index is 11.9. The molecule has 0 radical (unpaired) electrons. The first-order valence-electron chi connectivity index (χ1n) is 8.88. The van der Waals surface area contributed by atoms with E-state index in [0.29, 0.717) is 18.5 Å². The molecule has 1 aromatic carbocycles. The average Bonchev–Trinajstić information content (AvgIpc) is 3.10. The van der Waals surface area contributed by atoms with E-state index in [1.807, 2.05) is 19.1 Å². The van der Waals surface area contributed by atoms with Crippen LogP contribution in [0.3, 0.4) is 0 Å². The third kappa shape index (κ3) is 5.96. The second-order valence-corrected chi connectivity index (χ2v) is 6.75. The van der Waals surface area contributed by atoms with Crippen molar-refractivity contribution < 1.29 is 9.53 Å². The number of ether oxygens (including phenoxy) is 1. The highest BCUT2D eigenvalue weighted by Gasteiger charge is 2.17. The molecule has 6 heteroatoms. The first-order chi connectivity index (χ1) is 12.0. The van der Waals surface area contributed by atoms with E-state index in [1.165, 1.54) is 12.8 Å². The first-order valence-corrected chi connectivity index (χ1v) is 8.88. The van der Waals surface area contributed by atoms with Crippen molar-refractivity contribution in [1.29, 1.82) is 0 Å². The number of carbonyl (C=O) groups is 1. The van der Waals surface area contributed by atoms with E-state index in [9.17, 15) is 4.79 Å². The van der Waals surface area contributed by atoms with E-state index >= 15 is 0 Å². The predicted octanol–water partition coefficient (Wildman–Crippen LogP) is 2.07. The zero-order valence-electron chi connectivity index (χ0n) is 15.8. The first kappa shape index (κ1) is 19.1. The minimum absolute atomic E-state index is 0.0221. The predicted molar refractivity (Wildman–Crippen MR) is 101 cm³/mol. The highest BCUT2D eigenvalue weighted by Crippen LogP contribution is 2.21. The molecule has 0 spiro atoms. The van der Waals surface area contributed by atoms with Gasteiger partial charge in [0.1, 0.15) is 5.75 Å². The quantitative estimate of drug-likeness (QED) is 0.611. The lowest BCUT2D eigenvalue weighted by Gasteiger charge is -2.18. The molecule has 0 heterocycles. The number of nitrogens with one attached hydrogen (secondary N) is 2. The molecule has 2 N–H and O–H groups in total. The lowest BCUT2D eigenvalue weighted by atomic mass is 10.1. The van der Waals surface area contributed by atoms with E-state index < -0.39 is 0 Å². The molecule has 1 aliphatic carbocycles. The minimum atomic E-state index is 0.0221. The molecule has 1 fully saturated rings. The normalized spacial score (nSPS) is 15.1. The number of carbonyl (C=O) groups excluding carboxylic acids is 1. The van der Waals surface area contributed by atoms with Crippen LogP contribution in [-0.2, 0) is 11.3 Å². The standard InChI is InChI=1S/C19H30N4O2/c1-14-9-10-15(17(11-14)25-4)12-20-19(21-13-18(24)23(2)3)22-16-7-5-6-8-16/h9-11,16H,5-8,12-13H2,1-4H3,(H2,20,21,22). The van der Waals surface area contributed by atoms with Gasteiger partial charge in [0, 0.05) is 25.7 Å². The van der Waals surface area contributed by atoms with Gasteiger partial charge >= 0.3 is 0 Å². The molecule has 0 unspecified atom stereocenters. The molecule has 1 aliphatic rings. The zero-order chi connectivity index (χ0) is 18.2. The van der Waals surface area contributed by atoms with Crippen LogP contribution in [0.5, 0.6) is 5.75 Å². The molecule has 0 aromatic heterocycles. The molecule has 1 saturated carbocycles. The fraction of sp³-hybridized carbons (Fsp3) is 0.579. The number of aryl methyl sites for hydroxylation is 1. The highest BCUT2D eigenvalue weighted by atomic mass is 16.5. The van der Waals surface area contributed by atoms with Gasteiger partial charge in [-0.15, -0.1) is 0 Å². The molecule has 1 aromatic rings. The van der Waals surface area contributed by atoms with Gasteiger partial charge in [0.2, 0.25) is 5.91 Å². The number of hydrogen-bond donors (Lipinski definition) is 2. The number of methoxy groups -OCH3 is 1. The Bertz CT molecular complexity index is 607. The van der Waals surface area contributed by atoms with Gasteiger partial charge in [0.15, 0.2) is 5.96 Å². The Kier molecular flexibility index (Phi) is 7.10. The SMILES string of the molecule is COc1cc(C)ccc1CN=C(NCC(=O)N(C)C)NC1CCCC1. The van der Waals surface area contributed by atoms with E-state index in [1.54, 1.807) is 26.1 Å². The summed E-state index contributed by atoms with van der Waals surface area (Å²) >= 11 is 0. The second-order valence-electron chi connectivity index (χ2n) is 6.75. The molecular formula is C19H30N4O2. The van der Waals surface area contributed by atoms with Gasteiger partial charge < -0.3 is 20.3 Å². The maximum atomic E-state index is 11.9. The topological polar surface area (TPSA) is 66.0 Å². The number of likely N-dealkylation sites (N-methyl/N-ethyl adjacent to an activating group) is 1.